The second-order valence-electron chi connectivity index (χ2n) is 4.96. The topological polar surface area (TPSA) is 166 Å². The molecule has 0 aromatic carbocycles. The third-order valence-corrected chi connectivity index (χ3v) is 3.77. The Balaban J connectivity index is 1.85. The lowest BCUT2D eigenvalue weighted by Crippen LogP contribution is -2.19. The van der Waals surface area contributed by atoms with Crippen molar-refractivity contribution < 1.29 is 28.0 Å². The largest absolute Gasteiger partial charge is 0.469 e. The molecule has 3 heterocycles. The number of alkyl halides is 1. The van der Waals surface area contributed by atoms with E-state index in [1.54, 1.807) is 0 Å². The molecule has 0 radical (unpaired) electrons. The van der Waals surface area contributed by atoms with Crippen molar-refractivity contribution in [2.45, 2.75) is 24.9 Å². The van der Waals surface area contributed by atoms with Gasteiger partial charge in [0.25, 0.3) is 5.56 Å². The van der Waals surface area contributed by atoms with Crippen molar-refractivity contribution in [3.8, 4) is 0 Å². The number of nitrogen functional groups attached to an aromatic ring is 1. The van der Waals surface area contributed by atoms with Crippen LogP contribution in [0.3, 0.4) is 0 Å². The maximum Gasteiger partial charge on any atom is 0.469 e. The minimum atomic E-state index is -4.67. The molecule has 2 aromatic heterocycles. The highest BCUT2D eigenvalue weighted by molar-refractivity contribution is 7.46. The van der Waals surface area contributed by atoms with Crippen LogP contribution < -0.4 is 11.3 Å². The zero-order valence-electron chi connectivity index (χ0n) is 11.5. The lowest BCUT2D eigenvalue weighted by Gasteiger charge is -2.16. The zero-order valence-corrected chi connectivity index (χ0v) is 12.4. The fraction of sp³-hybridized carbons (Fsp3) is 0.500. The van der Waals surface area contributed by atoms with Crippen LogP contribution in [0.25, 0.3) is 11.2 Å². The van der Waals surface area contributed by atoms with Gasteiger partial charge in [0.1, 0.15) is 6.17 Å². The van der Waals surface area contributed by atoms with E-state index in [0.717, 1.165) is 0 Å². The number of imidazole rings is 1. The van der Waals surface area contributed by atoms with Gasteiger partial charge in [-0.15, -0.1) is 0 Å². The van der Waals surface area contributed by atoms with Crippen LogP contribution in [0.2, 0.25) is 0 Å². The average molecular weight is 349 g/mol. The first-order chi connectivity index (χ1) is 10.7. The third kappa shape index (κ3) is 3.26. The van der Waals surface area contributed by atoms with Gasteiger partial charge in [-0.25, -0.2) is 13.9 Å². The van der Waals surface area contributed by atoms with Gasteiger partial charge in [0.05, 0.1) is 19.0 Å². The minimum Gasteiger partial charge on any atom is -0.369 e. The number of nitrogens with zero attached hydrogens (tertiary/aromatic N) is 3. The van der Waals surface area contributed by atoms with Gasteiger partial charge in [-0.3, -0.25) is 18.9 Å². The summed E-state index contributed by atoms with van der Waals surface area (Å²) in [5.74, 6) is -0.154. The van der Waals surface area contributed by atoms with Crippen LogP contribution in [-0.2, 0) is 13.8 Å². The summed E-state index contributed by atoms with van der Waals surface area (Å²) in [5, 5.41) is 0. The Morgan fingerprint density at radius 2 is 2.35 bits per heavy atom. The molecule has 3 rings (SSSR count). The normalized spacial score (nSPS) is 25.3. The number of ether oxygens (including phenoxy) is 1. The Hall–Kier alpha value is -1.85. The van der Waals surface area contributed by atoms with E-state index >= 15 is 0 Å². The molecule has 23 heavy (non-hydrogen) atoms. The highest BCUT2D eigenvalue weighted by Crippen LogP contribution is 2.39. The second-order valence-corrected chi connectivity index (χ2v) is 6.20. The number of H-pyrrole nitrogens is 1. The summed E-state index contributed by atoms with van der Waals surface area (Å²) in [5.41, 5.74) is 4.92. The van der Waals surface area contributed by atoms with Gasteiger partial charge in [-0.1, -0.05) is 0 Å². The quantitative estimate of drug-likeness (QED) is 0.529. The van der Waals surface area contributed by atoms with Gasteiger partial charge in [-0.05, 0) is 0 Å². The molecule has 0 saturated carbocycles. The molecule has 3 atom stereocenters. The maximum atomic E-state index is 14.2. The fourth-order valence-electron chi connectivity index (χ4n) is 2.36. The number of aromatic amines is 1. The molecule has 0 aliphatic carbocycles. The number of phosphoric acid groups is 1. The van der Waals surface area contributed by atoms with Crippen molar-refractivity contribution >= 4 is 24.9 Å². The van der Waals surface area contributed by atoms with E-state index in [4.69, 9.17) is 20.3 Å². The lowest BCUT2D eigenvalue weighted by molar-refractivity contribution is -0.0346. The number of nitrogens with two attached hydrogens (primary N) is 1. The Kier molecular flexibility index (Phi) is 3.94. The molecule has 1 aliphatic heterocycles. The standard InChI is InChI=1S/C10H13FN5O6P/c11-5-1-4(2-21-23(18,19)20)22-9(5)16-3-13-6-7(16)14-10(12)15-8(6)17/h3-5,9H,1-2H2,(H2,18,19,20)(H3,12,14,15,17)/t4-,5-,9-/m0/s1. The molecule has 0 bridgehead atoms. The molecule has 1 aliphatic rings. The number of fused-ring (bicyclic) bond motifs is 1. The van der Waals surface area contributed by atoms with Crippen molar-refractivity contribution in [2.75, 3.05) is 12.3 Å². The van der Waals surface area contributed by atoms with E-state index in [1.165, 1.54) is 10.9 Å². The molecule has 0 amide bonds. The Morgan fingerprint density at radius 3 is 3.04 bits per heavy atom. The predicted octanol–water partition coefficient (Wildman–Crippen LogP) is -0.563. The third-order valence-electron chi connectivity index (χ3n) is 3.28. The van der Waals surface area contributed by atoms with Crippen molar-refractivity contribution in [1.82, 2.24) is 19.5 Å². The molecule has 0 unspecified atom stereocenters. The molecule has 13 heteroatoms. The molecular weight excluding hydrogens is 336 g/mol. The summed E-state index contributed by atoms with van der Waals surface area (Å²) in [4.78, 5) is 39.0. The molecule has 5 N–H and O–H groups in total. The number of rotatable bonds is 4. The number of hydrogen-bond acceptors (Lipinski definition) is 7. The predicted molar refractivity (Wildman–Crippen MR) is 74.0 cm³/mol. The van der Waals surface area contributed by atoms with Crippen LogP contribution in [0.5, 0.6) is 0 Å². The summed E-state index contributed by atoms with van der Waals surface area (Å²) in [6.07, 6.45) is -2.46. The molecule has 1 saturated heterocycles. The summed E-state index contributed by atoms with van der Waals surface area (Å²) >= 11 is 0. The lowest BCUT2D eigenvalue weighted by atomic mass is 10.2. The number of nitrogens with one attached hydrogen (secondary N) is 1. The van der Waals surface area contributed by atoms with Crippen LogP contribution in [0.15, 0.2) is 11.1 Å². The summed E-state index contributed by atoms with van der Waals surface area (Å²) in [6.45, 7) is -0.468. The Morgan fingerprint density at radius 1 is 1.61 bits per heavy atom. The molecular formula is C10H13FN5O6P. The van der Waals surface area contributed by atoms with Gasteiger partial charge in [0.2, 0.25) is 5.95 Å². The van der Waals surface area contributed by atoms with E-state index in [-0.39, 0.29) is 23.5 Å². The van der Waals surface area contributed by atoms with Gasteiger partial charge < -0.3 is 20.3 Å². The highest BCUT2D eigenvalue weighted by atomic mass is 31.2. The number of hydrogen-bond donors (Lipinski definition) is 4. The van der Waals surface area contributed by atoms with Crippen molar-refractivity contribution in [3.05, 3.63) is 16.7 Å². The van der Waals surface area contributed by atoms with Crippen molar-refractivity contribution in [2.24, 2.45) is 0 Å². The van der Waals surface area contributed by atoms with E-state index in [9.17, 15) is 13.8 Å². The van der Waals surface area contributed by atoms with Gasteiger partial charge in [0, 0.05) is 6.42 Å². The Bertz CT molecular complexity index is 833. The van der Waals surface area contributed by atoms with Gasteiger partial charge in [-0.2, -0.15) is 4.98 Å². The van der Waals surface area contributed by atoms with E-state index in [1.807, 2.05) is 0 Å². The van der Waals surface area contributed by atoms with Crippen LogP contribution in [0.4, 0.5) is 10.3 Å². The number of phosphoric ester groups is 1. The fourth-order valence-corrected chi connectivity index (χ4v) is 2.72. The maximum absolute atomic E-state index is 14.2. The number of anilines is 1. The molecule has 0 spiro atoms. The second kappa shape index (κ2) is 5.65. The molecule has 1 fully saturated rings. The SMILES string of the molecule is Nc1nc2c(ncn2[C@H]2O[C@H](COP(=O)(O)O)C[C@@H]2F)c(=O)[nH]1. The van der Waals surface area contributed by atoms with Crippen LogP contribution in [0.1, 0.15) is 12.6 Å². The highest BCUT2D eigenvalue weighted by Gasteiger charge is 2.38. The zero-order chi connectivity index (χ0) is 16.8. The summed E-state index contributed by atoms with van der Waals surface area (Å²) in [7, 11) is -4.67. The van der Waals surface area contributed by atoms with Crippen LogP contribution >= 0.6 is 7.82 Å². The van der Waals surface area contributed by atoms with Crippen LogP contribution in [-0.4, -0.2) is 48.2 Å². The van der Waals surface area contributed by atoms with E-state index in [0.29, 0.717) is 0 Å². The molecule has 11 nitrogen and oxygen atoms in total. The first-order valence-electron chi connectivity index (χ1n) is 6.46. The number of aromatic nitrogens is 4. The van der Waals surface area contributed by atoms with E-state index < -0.39 is 38.5 Å². The number of halogens is 1. The average Bonchev–Trinajstić information content (AvgIpc) is 2.99. The van der Waals surface area contributed by atoms with Crippen molar-refractivity contribution in [3.63, 3.8) is 0 Å². The smallest absolute Gasteiger partial charge is 0.369 e. The first-order valence-corrected chi connectivity index (χ1v) is 7.99. The van der Waals surface area contributed by atoms with Crippen molar-refractivity contribution in [1.29, 1.82) is 0 Å². The van der Waals surface area contributed by atoms with E-state index in [2.05, 4.69) is 19.5 Å². The van der Waals surface area contributed by atoms with Gasteiger partial charge >= 0.3 is 7.82 Å². The van der Waals surface area contributed by atoms with Crippen LogP contribution in [0, 0.1) is 0 Å². The summed E-state index contributed by atoms with van der Waals surface area (Å²) in [6, 6.07) is 0. The Labute approximate surface area is 127 Å². The molecule has 2 aromatic rings. The molecule has 126 valence electrons. The van der Waals surface area contributed by atoms with Gasteiger partial charge in [0.15, 0.2) is 17.4 Å². The monoisotopic (exact) mass is 349 g/mol. The first kappa shape index (κ1) is 16.0. The summed E-state index contributed by atoms with van der Waals surface area (Å²) < 4.78 is 35.8. The minimum absolute atomic E-state index is 0.0232.